The van der Waals surface area contributed by atoms with Gasteiger partial charge in [-0.15, -0.1) is 0 Å². The minimum atomic E-state index is 0.00646. The molecule has 2 aromatic rings. The number of halogens is 1. The van der Waals surface area contributed by atoms with Crippen molar-refractivity contribution in [3.05, 3.63) is 33.8 Å². The Bertz CT molecular complexity index is 837. The fourth-order valence-electron chi connectivity index (χ4n) is 2.18. The topological polar surface area (TPSA) is 105 Å². The number of nitrogens with two attached hydrogens (primary N) is 1. The maximum Gasteiger partial charge on any atom is 0.234 e. The van der Waals surface area contributed by atoms with Crippen LogP contribution in [-0.4, -0.2) is 18.7 Å². The lowest BCUT2D eigenvalue weighted by atomic mass is 9.95. The Labute approximate surface area is 142 Å². The second kappa shape index (κ2) is 6.99. The van der Waals surface area contributed by atoms with Gasteiger partial charge in [0.2, 0.25) is 5.88 Å². The zero-order valence-electron chi connectivity index (χ0n) is 12.6. The third-order valence-corrected chi connectivity index (χ3v) is 3.62. The maximum absolute atomic E-state index is 9.56. The molecule has 23 heavy (non-hydrogen) atoms. The first-order chi connectivity index (χ1) is 11.1. The van der Waals surface area contributed by atoms with E-state index in [1.165, 1.54) is 7.11 Å². The molecule has 0 amide bonds. The van der Waals surface area contributed by atoms with Crippen LogP contribution in [-0.2, 0) is 0 Å². The van der Waals surface area contributed by atoms with Gasteiger partial charge in [-0.1, -0.05) is 15.9 Å². The van der Waals surface area contributed by atoms with E-state index in [0.29, 0.717) is 23.5 Å². The highest BCUT2D eigenvalue weighted by Crippen LogP contribution is 2.40. The van der Waals surface area contributed by atoms with Crippen LogP contribution in [0.25, 0.3) is 11.1 Å². The van der Waals surface area contributed by atoms with Gasteiger partial charge in [-0.2, -0.15) is 15.5 Å². The lowest BCUT2D eigenvalue weighted by Gasteiger charge is -2.15. The van der Waals surface area contributed by atoms with Gasteiger partial charge < -0.3 is 15.2 Å². The minimum Gasteiger partial charge on any atom is -0.496 e. The molecule has 2 rings (SSSR count). The molecule has 1 aromatic carbocycles. The normalized spacial score (nSPS) is 9.78. The third kappa shape index (κ3) is 3.05. The molecule has 0 aliphatic rings. The van der Waals surface area contributed by atoms with Crippen molar-refractivity contribution in [2.24, 2.45) is 0 Å². The second-order valence-electron chi connectivity index (χ2n) is 4.43. The van der Waals surface area contributed by atoms with Crippen LogP contribution in [0.4, 0.5) is 5.82 Å². The average molecular weight is 373 g/mol. The number of nitrogens with zero attached hydrogens (tertiary/aromatic N) is 3. The van der Waals surface area contributed by atoms with E-state index in [4.69, 9.17) is 15.2 Å². The highest BCUT2D eigenvalue weighted by molar-refractivity contribution is 9.10. The second-order valence-corrected chi connectivity index (χ2v) is 5.34. The van der Waals surface area contributed by atoms with E-state index in [1.54, 1.807) is 25.1 Å². The van der Waals surface area contributed by atoms with Gasteiger partial charge in [-0.05, 0) is 25.1 Å². The molecular formula is C16H13BrN4O2. The highest BCUT2D eigenvalue weighted by atomic mass is 79.9. The summed E-state index contributed by atoms with van der Waals surface area (Å²) in [7, 11) is 1.51. The number of nitrogen functional groups attached to an aromatic ring is 1. The van der Waals surface area contributed by atoms with Crippen LogP contribution in [0.3, 0.4) is 0 Å². The highest BCUT2D eigenvalue weighted by Gasteiger charge is 2.23. The van der Waals surface area contributed by atoms with Crippen molar-refractivity contribution >= 4 is 21.7 Å². The van der Waals surface area contributed by atoms with E-state index in [9.17, 15) is 10.5 Å². The molecule has 7 heteroatoms. The largest absolute Gasteiger partial charge is 0.496 e. The number of benzene rings is 1. The van der Waals surface area contributed by atoms with Crippen LogP contribution in [0.2, 0.25) is 0 Å². The number of ether oxygens (including phenoxy) is 2. The molecule has 0 saturated carbocycles. The standard InChI is InChI=1S/C16H13BrN4O2/c1-3-23-16-12(8-19)14(11(7-18)15(20)21-16)10-6-9(17)4-5-13(10)22-2/h4-6H,3H2,1-2H3,(H2,20,21). The van der Waals surface area contributed by atoms with Crippen molar-refractivity contribution < 1.29 is 9.47 Å². The van der Waals surface area contributed by atoms with Gasteiger partial charge in [0.1, 0.15) is 34.8 Å². The van der Waals surface area contributed by atoms with Crippen LogP contribution in [0.15, 0.2) is 22.7 Å². The quantitative estimate of drug-likeness (QED) is 0.882. The molecule has 0 aliphatic carbocycles. The summed E-state index contributed by atoms with van der Waals surface area (Å²) in [6.07, 6.45) is 0. The minimum absolute atomic E-state index is 0.00646. The predicted octanol–water partition coefficient (Wildman–Crippen LogP) is 3.24. The number of nitriles is 2. The number of methoxy groups -OCH3 is 1. The third-order valence-electron chi connectivity index (χ3n) is 3.13. The lowest BCUT2D eigenvalue weighted by molar-refractivity contribution is 0.326. The number of pyridine rings is 1. The molecule has 1 heterocycles. The molecule has 0 atom stereocenters. The number of anilines is 1. The van der Waals surface area contributed by atoms with Gasteiger partial charge in [0.25, 0.3) is 0 Å². The van der Waals surface area contributed by atoms with Crippen molar-refractivity contribution in [1.82, 2.24) is 4.98 Å². The molecule has 6 nitrogen and oxygen atoms in total. The smallest absolute Gasteiger partial charge is 0.234 e. The van der Waals surface area contributed by atoms with Crippen LogP contribution >= 0.6 is 15.9 Å². The summed E-state index contributed by atoms with van der Waals surface area (Å²) >= 11 is 3.38. The SMILES string of the molecule is CCOc1nc(N)c(C#N)c(-c2cc(Br)ccc2OC)c1C#N. The first-order valence-electron chi connectivity index (χ1n) is 6.67. The Kier molecular flexibility index (Phi) is 5.05. The first-order valence-corrected chi connectivity index (χ1v) is 7.47. The fraction of sp³-hybridized carbons (Fsp3) is 0.188. The summed E-state index contributed by atoms with van der Waals surface area (Å²) < 4.78 is 11.5. The van der Waals surface area contributed by atoms with E-state index >= 15 is 0 Å². The monoisotopic (exact) mass is 372 g/mol. The van der Waals surface area contributed by atoms with Gasteiger partial charge in [-0.25, -0.2) is 0 Å². The van der Waals surface area contributed by atoms with Crippen molar-refractivity contribution in [1.29, 1.82) is 10.5 Å². The van der Waals surface area contributed by atoms with Crippen molar-refractivity contribution in [2.75, 3.05) is 19.5 Å². The van der Waals surface area contributed by atoms with Crippen LogP contribution in [0.5, 0.6) is 11.6 Å². The molecule has 1 aromatic heterocycles. The molecule has 0 saturated heterocycles. The summed E-state index contributed by atoms with van der Waals surface area (Å²) in [5.74, 6) is 0.616. The lowest BCUT2D eigenvalue weighted by Crippen LogP contribution is -2.06. The fourth-order valence-corrected chi connectivity index (χ4v) is 2.55. The van der Waals surface area contributed by atoms with Crippen LogP contribution in [0.1, 0.15) is 18.1 Å². The van der Waals surface area contributed by atoms with Gasteiger partial charge in [0, 0.05) is 15.6 Å². The van der Waals surface area contributed by atoms with Gasteiger partial charge in [-0.3, -0.25) is 0 Å². The molecular weight excluding hydrogens is 360 g/mol. The van der Waals surface area contributed by atoms with Gasteiger partial charge in [0.15, 0.2) is 0 Å². The molecule has 0 radical (unpaired) electrons. The average Bonchev–Trinajstić information content (AvgIpc) is 2.54. The number of rotatable bonds is 4. The Hall–Kier alpha value is -2.77. The molecule has 0 spiro atoms. The Balaban J connectivity index is 2.93. The Morgan fingerprint density at radius 2 is 1.96 bits per heavy atom. The number of hydrogen-bond acceptors (Lipinski definition) is 6. The van der Waals surface area contributed by atoms with Crippen LogP contribution < -0.4 is 15.2 Å². The zero-order valence-corrected chi connectivity index (χ0v) is 14.1. The zero-order chi connectivity index (χ0) is 17.0. The predicted molar refractivity (Wildman–Crippen MR) is 88.9 cm³/mol. The van der Waals surface area contributed by atoms with Crippen LogP contribution in [0, 0.1) is 22.7 Å². The van der Waals surface area contributed by atoms with E-state index in [0.717, 1.165) is 4.47 Å². The van der Waals surface area contributed by atoms with E-state index in [2.05, 4.69) is 27.0 Å². The number of aromatic nitrogens is 1. The summed E-state index contributed by atoms with van der Waals surface area (Å²) in [6.45, 7) is 2.10. The molecule has 116 valence electrons. The first kappa shape index (κ1) is 16.6. The van der Waals surface area contributed by atoms with Gasteiger partial charge in [0.05, 0.1) is 13.7 Å². The molecule has 0 bridgehead atoms. The van der Waals surface area contributed by atoms with Crippen molar-refractivity contribution in [3.63, 3.8) is 0 Å². The molecule has 0 aliphatic heterocycles. The maximum atomic E-state index is 9.56. The van der Waals surface area contributed by atoms with Gasteiger partial charge >= 0.3 is 0 Å². The van der Waals surface area contributed by atoms with E-state index in [1.807, 2.05) is 6.07 Å². The summed E-state index contributed by atoms with van der Waals surface area (Å²) in [6, 6.07) is 9.36. The number of hydrogen-bond donors (Lipinski definition) is 1. The Morgan fingerprint density at radius 3 is 2.52 bits per heavy atom. The molecule has 0 fully saturated rings. The molecule has 2 N–H and O–H groups in total. The Morgan fingerprint density at radius 1 is 1.26 bits per heavy atom. The summed E-state index contributed by atoms with van der Waals surface area (Å²) in [5, 5.41) is 19.0. The summed E-state index contributed by atoms with van der Waals surface area (Å²) in [4.78, 5) is 4.03. The molecule has 0 unspecified atom stereocenters. The van der Waals surface area contributed by atoms with Crippen molar-refractivity contribution in [2.45, 2.75) is 6.92 Å². The van der Waals surface area contributed by atoms with E-state index < -0.39 is 0 Å². The van der Waals surface area contributed by atoms with Crippen molar-refractivity contribution in [3.8, 4) is 34.9 Å². The summed E-state index contributed by atoms with van der Waals surface area (Å²) in [5.41, 5.74) is 7.05. The van der Waals surface area contributed by atoms with E-state index in [-0.39, 0.29) is 22.8 Å².